The SMILES string of the molecule is Cc1nc(N)c(C#N)cc1OC(F)(F)F. The van der Waals surface area contributed by atoms with Crippen molar-refractivity contribution in [3.05, 3.63) is 17.3 Å². The van der Waals surface area contributed by atoms with Gasteiger partial charge in [0.15, 0.2) is 5.75 Å². The number of pyridine rings is 1. The number of nitrogen functional groups attached to an aromatic ring is 1. The molecule has 1 aromatic heterocycles. The van der Waals surface area contributed by atoms with Crippen molar-refractivity contribution in [3.8, 4) is 11.8 Å². The number of nitrogens with two attached hydrogens (primary N) is 1. The lowest BCUT2D eigenvalue weighted by molar-refractivity contribution is -0.275. The molecule has 0 saturated heterocycles. The van der Waals surface area contributed by atoms with E-state index in [-0.39, 0.29) is 17.1 Å². The molecule has 0 spiro atoms. The third-order valence-corrected chi connectivity index (χ3v) is 1.54. The summed E-state index contributed by atoms with van der Waals surface area (Å²) in [5.74, 6) is -0.641. The molecule has 0 aliphatic heterocycles. The van der Waals surface area contributed by atoms with Crippen LogP contribution in [-0.2, 0) is 0 Å². The second kappa shape index (κ2) is 3.65. The van der Waals surface area contributed by atoms with Crippen LogP contribution < -0.4 is 10.5 Å². The summed E-state index contributed by atoms with van der Waals surface area (Å²) < 4.78 is 39.3. The maximum absolute atomic E-state index is 11.9. The third kappa shape index (κ3) is 2.74. The average molecular weight is 217 g/mol. The maximum atomic E-state index is 11.9. The lowest BCUT2D eigenvalue weighted by Gasteiger charge is -2.11. The van der Waals surface area contributed by atoms with Gasteiger partial charge in [0.1, 0.15) is 11.9 Å². The molecular formula is C8H6F3N3O. The van der Waals surface area contributed by atoms with Crippen LogP contribution in [0.1, 0.15) is 11.3 Å². The molecule has 0 aliphatic carbocycles. The molecule has 0 aliphatic rings. The molecule has 15 heavy (non-hydrogen) atoms. The highest BCUT2D eigenvalue weighted by Crippen LogP contribution is 2.27. The van der Waals surface area contributed by atoms with E-state index in [2.05, 4.69) is 9.72 Å². The fourth-order valence-corrected chi connectivity index (χ4v) is 0.923. The molecular weight excluding hydrogens is 211 g/mol. The Kier molecular flexibility index (Phi) is 2.70. The van der Waals surface area contributed by atoms with Gasteiger partial charge in [0.05, 0.1) is 11.3 Å². The van der Waals surface area contributed by atoms with E-state index in [4.69, 9.17) is 11.0 Å². The van der Waals surface area contributed by atoms with E-state index in [9.17, 15) is 13.2 Å². The van der Waals surface area contributed by atoms with E-state index in [1.807, 2.05) is 0 Å². The van der Waals surface area contributed by atoms with Crippen LogP contribution in [0.3, 0.4) is 0 Å². The summed E-state index contributed by atoms with van der Waals surface area (Å²) in [4.78, 5) is 3.56. The fraction of sp³-hybridized carbons (Fsp3) is 0.250. The molecule has 0 bridgehead atoms. The Labute approximate surface area is 83.1 Å². The van der Waals surface area contributed by atoms with Gasteiger partial charge in [-0.05, 0) is 6.92 Å². The first-order chi connectivity index (χ1) is 6.83. The number of ether oxygens (including phenoxy) is 1. The molecule has 0 saturated carbocycles. The van der Waals surface area contributed by atoms with Gasteiger partial charge < -0.3 is 10.5 Å². The molecule has 1 rings (SSSR count). The number of nitrogens with zero attached hydrogens (tertiary/aromatic N) is 2. The van der Waals surface area contributed by atoms with Crippen molar-refractivity contribution in [2.75, 3.05) is 5.73 Å². The molecule has 0 unspecified atom stereocenters. The maximum Gasteiger partial charge on any atom is 0.573 e. The van der Waals surface area contributed by atoms with E-state index >= 15 is 0 Å². The first-order valence-electron chi connectivity index (χ1n) is 3.76. The summed E-state index contributed by atoms with van der Waals surface area (Å²) in [6, 6.07) is 2.52. The zero-order chi connectivity index (χ0) is 11.6. The van der Waals surface area contributed by atoms with Crippen LogP contribution in [0.25, 0.3) is 0 Å². The van der Waals surface area contributed by atoms with Gasteiger partial charge in [-0.15, -0.1) is 13.2 Å². The molecule has 0 aromatic carbocycles. The van der Waals surface area contributed by atoms with Crippen molar-refractivity contribution in [2.24, 2.45) is 0 Å². The summed E-state index contributed by atoms with van der Waals surface area (Å²) in [5.41, 5.74) is 5.12. The second-order valence-corrected chi connectivity index (χ2v) is 2.66. The number of hydrogen-bond acceptors (Lipinski definition) is 4. The van der Waals surface area contributed by atoms with Crippen LogP contribution in [0.4, 0.5) is 19.0 Å². The predicted octanol–water partition coefficient (Wildman–Crippen LogP) is 1.74. The Bertz CT molecular complexity index is 422. The molecule has 2 N–H and O–H groups in total. The highest BCUT2D eigenvalue weighted by molar-refractivity contribution is 5.52. The quantitative estimate of drug-likeness (QED) is 0.777. The van der Waals surface area contributed by atoms with Crippen LogP contribution in [-0.4, -0.2) is 11.3 Å². The molecule has 0 atom stereocenters. The summed E-state index contributed by atoms with van der Waals surface area (Å²) in [5, 5.41) is 8.53. The second-order valence-electron chi connectivity index (χ2n) is 2.66. The van der Waals surface area contributed by atoms with Gasteiger partial charge in [-0.25, -0.2) is 4.98 Å². The van der Waals surface area contributed by atoms with E-state index in [0.717, 1.165) is 6.07 Å². The minimum Gasteiger partial charge on any atom is -0.404 e. The van der Waals surface area contributed by atoms with E-state index in [1.165, 1.54) is 6.92 Å². The number of halogens is 3. The number of aromatic nitrogens is 1. The zero-order valence-corrected chi connectivity index (χ0v) is 7.59. The summed E-state index contributed by atoms with van der Waals surface area (Å²) in [6.45, 7) is 1.30. The van der Waals surface area contributed by atoms with Gasteiger partial charge in [-0.2, -0.15) is 5.26 Å². The van der Waals surface area contributed by atoms with E-state index < -0.39 is 12.1 Å². The van der Waals surface area contributed by atoms with Crippen molar-refractivity contribution in [1.29, 1.82) is 5.26 Å². The van der Waals surface area contributed by atoms with E-state index in [0.29, 0.717) is 0 Å². The topological polar surface area (TPSA) is 71.9 Å². The minimum atomic E-state index is -4.81. The smallest absolute Gasteiger partial charge is 0.404 e. The van der Waals surface area contributed by atoms with Crippen LogP contribution in [0.15, 0.2) is 6.07 Å². The first-order valence-corrected chi connectivity index (χ1v) is 3.76. The summed E-state index contributed by atoms with van der Waals surface area (Å²) in [7, 11) is 0. The van der Waals surface area contributed by atoms with Gasteiger partial charge in [0.25, 0.3) is 0 Å². The van der Waals surface area contributed by atoms with Gasteiger partial charge in [-0.1, -0.05) is 0 Å². The highest BCUT2D eigenvalue weighted by atomic mass is 19.4. The summed E-state index contributed by atoms with van der Waals surface area (Å²) >= 11 is 0. The molecule has 1 heterocycles. The Morgan fingerprint density at radius 3 is 2.60 bits per heavy atom. The number of alkyl halides is 3. The molecule has 0 amide bonds. The van der Waals surface area contributed by atoms with Gasteiger partial charge >= 0.3 is 6.36 Å². The van der Waals surface area contributed by atoms with Crippen molar-refractivity contribution in [3.63, 3.8) is 0 Å². The Morgan fingerprint density at radius 1 is 1.53 bits per heavy atom. The third-order valence-electron chi connectivity index (χ3n) is 1.54. The molecule has 0 radical (unpaired) electrons. The molecule has 80 valence electrons. The molecule has 0 fully saturated rings. The van der Waals surface area contributed by atoms with Crippen LogP contribution >= 0.6 is 0 Å². The number of rotatable bonds is 1. The molecule has 7 heteroatoms. The first kappa shape index (κ1) is 11.1. The Morgan fingerprint density at radius 2 is 2.13 bits per heavy atom. The highest BCUT2D eigenvalue weighted by Gasteiger charge is 2.32. The number of nitriles is 1. The van der Waals surface area contributed by atoms with E-state index in [1.54, 1.807) is 6.07 Å². The Hall–Kier alpha value is -1.97. The van der Waals surface area contributed by atoms with Gasteiger partial charge in [0, 0.05) is 6.07 Å². The van der Waals surface area contributed by atoms with Crippen LogP contribution in [0.5, 0.6) is 5.75 Å². The normalized spacial score (nSPS) is 10.9. The molecule has 1 aromatic rings. The van der Waals surface area contributed by atoms with Crippen molar-refractivity contribution >= 4 is 5.82 Å². The zero-order valence-electron chi connectivity index (χ0n) is 7.59. The number of anilines is 1. The lowest BCUT2D eigenvalue weighted by Crippen LogP contribution is -2.18. The van der Waals surface area contributed by atoms with Crippen molar-refractivity contribution in [1.82, 2.24) is 4.98 Å². The van der Waals surface area contributed by atoms with Crippen LogP contribution in [0.2, 0.25) is 0 Å². The molecule has 4 nitrogen and oxygen atoms in total. The largest absolute Gasteiger partial charge is 0.573 e. The number of hydrogen-bond donors (Lipinski definition) is 1. The average Bonchev–Trinajstić information content (AvgIpc) is 2.07. The van der Waals surface area contributed by atoms with Gasteiger partial charge in [0.2, 0.25) is 0 Å². The number of aryl methyl sites for hydroxylation is 1. The fourth-order valence-electron chi connectivity index (χ4n) is 0.923. The Balaban J connectivity index is 3.15. The van der Waals surface area contributed by atoms with Crippen molar-refractivity contribution in [2.45, 2.75) is 13.3 Å². The standard InChI is InChI=1S/C8H6F3N3O/c1-4-6(15-8(9,10)11)2-5(3-12)7(13)14-4/h2H,1H3,(H2,13,14). The van der Waals surface area contributed by atoms with Gasteiger partial charge in [-0.3, -0.25) is 0 Å². The van der Waals surface area contributed by atoms with Crippen LogP contribution in [0, 0.1) is 18.3 Å². The van der Waals surface area contributed by atoms with Crippen molar-refractivity contribution < 1.29 is 17.9 Å². The monoisotopic (exact) mass is 217 g/mol. The predicted molar refractivity (Wildman–Crippen MR) is 44.8 cm³/mol. The summed E-state index contributed by atoms with van der Waals surface area (Å²) in [6.07, 6.45) is -4.81. The lowest BCUT2D eigenvalue weighted by atomic mass is 10.2. The minimum absolute atomic E-state index is 0.0242.